The van der Waals surface area contributed by atoms with E-state index in [1.54, 1.807) is 11.4 Å². The molecule has 2 atom stereocenters. The van der Waals surface area contributed by atoms with Crippen LogP contribution in [0, 0.1) is 12.8 Å². The van der Waals surface area contributed by atoms with Crippen molar-refractivity contribution in [3.8, 4) is 0 Å². The third-order valence-corrected chi connectivity index (χ3v) is 7.17. The van der Waals surface area contributed by atoms with Gasteiger partial charge in [0.15, 0.2) is 10.9 Å². The van der Waals surface area contributed by atoms with Gasteiger partial charge < -0.3 is 5.32 Å². The highest BCUT2D eigenvalue weighted by Crippen LogP contribution is 2.33. The Labute approximate surface area is 179 Å². The third kappa shape index (κ3) is 4.29. The Morgan fingerprint density at radius 3 is 2.76 bits per heavy atom. The standard InChI is InChI=1S/C19H18N4O3S3/c1-9(14-8-28-10(2)21-14)20-18(26)12-5-13-16(15(24)6-12)29-19(22-13)23-17(25)11-3-4-27-7-11/h3-4,7-9,12H,5-6H2,1-2H3,(H,20,26)(H,22,23,25)/t9-,12+/m1/s1. The molecule has 2 amide bonds. The van der Waals surface area contributed by atoms with Crippen LogP contribution in [-0.2, 0) is 11.2 Å². The maximum Gasteiger partial charge on any atom is 0.258 e. The van der Waals surface area contributed by atoms with Crippen LogP contribution in [0.25, 0.3) is 0 Å². The van der Waals surface area contributed by atoms with Crippen LogP contribution in [0.2, 0.25) is 0 Å². The van der Waals surface area contributed by atoms with E-state index in [1.807, 2.05) is 24.6 Å². The zero-order valence-corrected chi connectivity index (χ0v) is 18.2. The lowest BCUT2D eigenvalue weighted by atomic mass is 9.89. The van der Waals surface area contributed by atoms with Gasteiger partial charge in [-0.1, -0.05) is 11.3 Å². The second-order valence-electron chi connectivity index (χ2n) is 6.81. The number of nitrogens with zero attached hydrogens (tertiary/aromatic N) is 2. The molecule has 0 fully saturated rings. The van der Waals surface area contributed by atoms with Crippen molar-refractivity contribution < 1.29 is 14.4 Å². The Balaban J connectivity index is 1.43. The summed E-state index contributed by atoms with van der Waals surface area (Å²) in [5, 5.41) is 12.5. The fourth-order valence-electron chi connectivity index (χ4n) is 3.12. The first-order valence-electron chi connectivity index (χ1n) is 8.99. The lowest BCUT2D eigenvalue weighted by molar-refractivity contribution is -0.125. The first-order valence-corrected chi connectivity index (χ1v) is 11.6. The van der Waals surface area contributed by atoms with Gasteiger partial charge in [-0.15, -0.1) is 11.3 Å². The van der Waals surface area contributed by atoms with Gasteiger partial charge in [-0.05, 0) is 25.3 Å². The Morgan fingerprint density at radius 1 is 1.24 bits per heavy atom. The molecular formula is C19H18N4O3S3. The lowest BCUT2D eigenvalue weighted by Gasteiger charge is -2.21. The number of hydrogen-bond acceptors (Lipinski definition) is 8. The van der Waals surface area contributed by atoms with E-state index in [4.69, 9.17) is 0 Å². The predicted molar refractivity (Wildman–Crippen MR) is 114 cm³/mol. The van der Waals surface area contributed by atoms with E-state index >= 15 is 0 Å². The Bertz CT molecular complexity index is 1070. The van der Waals surface area contributed by atoms with Gasteiger partial charge in [-0.25, -0.2) is 9.97 Å². The van der Waals surface area contributed by atoms with Crippen molar-refractivity contribution in [1.82, 2.24) is 15.3 Å². The summed E-state index contributed by atoms with van der Waals surface area (Å²) in [5.41, 5.74) is 1.94. The van der Waals surface area contributed by atoms with Crippen LogP contribution in [0.3, 0.4) is 0 Å². The number of aryl methyl sites for hydroxylation is 1. The van der Waals surface area contributed by atoms with E-state index in [0.29, 0.717) is 27.7 Å². The number of anilines is 1. The second kappa shape index (κ2) is 8.13. The average Bonchev–Trinajstić information content (AvgIpc) is 3.41. The van der Waals surface area contributed by atoms with Gasteiger partial charge in [0.2, 0.25) is 5.91 Å². The molecule has 0 saturated heterocycles. The summed E-state index contributed by atoms with van der Waals surface area (Å²) in [6.07, 6.45) is 0.516. The highest BCUT2D eigenvalue weighted by molar-refractivity contribution is 7.17. The molecule has 4 rings (SSSR count). The van der Waals surface area contributed by atoms with E-state index in [9.17, 15) is 14.4 Å². The lowest BCUT2D eigenvalue weighted by Crippen LogP contribution is -2.37. The number of nitrogens with one attached hydrogen (secondary N) is 2. The first kappa shape index (κ1) is 19.9. The number of carbonyl (C=O) groups is 3. The number of Topliss-reactive ketones (excluding diaryl/α,β-unsaturated/α-hetero) is 1. The number of rotatable bonds is 5. The van der Waals surface area contributed by atoms with Gasteiger partial charge in [0.05, 0.1) is 38.8 Å². The quantitative estimate of drug-likeness (QED) is 0.620. The number of thiophene rings is 1. The summed E-state index contributed by atoms with van der Waals surface area (Å²) in [4.78, 5) is 46.8. The molecule has 0 unspecified atom stereocenters. The fourth-order valence-corrected chi connectivity index (χ4v) is 5.40. The summed E-state index contributed by atoms with van der Waals surface area (Å²) in [6.45, 7) is 3.80. The summed E-state index contributed by atoms with van der Waals surface area (Å²) in [7, 11) is 0. The summed E-state index contributed by atoms with van der Waals surface area (Å²) < 4.78 is 0. The van der Waals surface area contributed by atoms with Crippen LogP contribution in [0.15, 0.2) is 22.2 Å². The first-order chi connectivity index (χ1) is 13.9. The predicted octanol–water partition coefficient (Wildman–Crippen LogP) is 3.84. The summed E-state index contributed by atoms with van der Waals surface area (Å²) in [5.74, 6) is -1.03. The zero-order valence-electron chi connectivity index (χ0n) is 15.7. The van der Waals surface area contributed by atoms with Crippen LogP contribution in [0.1, 0.15) is 55.8 Å². The molecule has 1 aliphatic rings. The molecule has 2 N–H and O–H groups in total. The summed E-state index contributed by atoms with van der Waals surface area (Å²) >= 11 is 4.13. The Kier molecular flexibility index (Phi) is 5.57. The van der Waals surface area contributed by atoms with Gasteiger partial charge >= 0.3 is 0 Å². The molecule has 0 bridgehead atoms. The molecule has 150 valence electrons. The number of thiazole rings is 2. The molecule has 0 spiro atoms. The van der Waals surface area contributed by atoms with Crippen LogP contribution in [0.5, 0.6) is 0 Å². The number of fused-ring (bicyclic) bond motifs is 1. The number of aromatic nitrogens is 2. The normalized spacial score (nSPS) is 16.9. The van der Waals surface area contributed by atoms with Crippen LogP contribution >= 0.6 is 34.0 Å². The second-order valence-corrected chi connectivity index (χ2v) is 9.65. The van der Waals surface area contributed by atoms with Crippen molar-refractivity contribution in [1.29, 1.82) is 0 Å². The third-order valence-electron chi connectivity index (χ3n) is 4.64. The van der Waals surface area contributed by atoms with E-state index in [-0.39, 0.29) is 30.1 Å². The average molecular weight is 447 g/mol. The Morgan fingerprint density at radius 2 is 2.07 bits per heavy atom. The van der Waals surface area contributed by atoms with E-state index < -0.39 is 5.92 Å². The molecule has 3 heterocycles. The topological polar surface area (TPSA) is 101 Å². The molecule has 3 aromatic rings. The molecular weight excluding hydrogens is 428 g/mol. The molecule has 1 aliphatic carbocycles. The van der Waals surface area contributed by atoms with Crippen molar-refractivity contribution >= 4 is 56.7 Å². The van der Waals surface area contributed by atoms with Crippen molar-refractivity contribution in [2.24, 2.45) is 5.92 Å². The maximum absolute atomic E-state index is 12.7. The van der Waals surface area contributed by atoms with Crippen molar-refractivity contribution in [3.05, 3.63) is 49.0 Å². The molecule has 29 heavy (non-hydrogen) atoms. The largest absolute Gasteiger partial charge is 0.348 e. The monoisotopic (exact) mass is 446 g/mol. The van der Waals surface area contributed by atoms with Crippen molar-refractivity contribution in [2.75, 3.05) is 5.32 Å². The number of amides is 2. The highest BCUT2D eigenvalue weighted by atomic mass is 32.1. The molecule has 0 radical (unpaired) electrons. The van der Waals surface area contributed by atoms with Crippen LogP contribution < -0.4 is 10.6 Å². The van der Waals surface area contributed by atoms with E-state index in [0.717, 1.165) is 10.7 Å². The molecule has 0 aromatic carbocycles. The number of hydrogen-bond donors (Lipinski definition) is 2. The molecule has 3 aromatic heterocycles. The summed E-state index contributed by atoms with van der Waals surface area (Å²) in [6, 6.07) is 1.50. The van der Waals surface area contributed by atoms with E-state index in [2.05, 4.69) is 20.6 Å². The van der Waals surface area contributed by atoms with Gasteiger partial charge in [-0.3, -0.25) is 19.7 Å². The van der Waals surface area contributed by atoms with Gasteiger partial charge in [0.1, 0.15) is 0 Å². The highest BCUT2D eigenvalue weighted by Gasteiger charge is 2.34. The Hall–Kier alpha value is -2.43. The van der Waals surface area contributed by atoms with E-state index in [1.165, 1.54) is 34.0 Å². The molecule has 0 aliphatic heterocycles. The van der Waals surface area contributed by atoms with Crippen LogP contribution in [-0.4, -0.2) is 27.6 Å². The minimum absolute atomic E-state index is 0.114. The van der Waals surface area contributed by atoms with Gasteiger partial charge in [0.25, 0.3) is 5.91 Å². The van der Waals surface area contributed by atoms with Gasteiger partial charge in [-0.2, -0.15) is 11.3 Å². The smallest absolute Gasteiger partial charge is 0.258 e. The van der Waals surface area contributed by atoms with Gasteiger partial charge in [0, 0.05) is 23.6 Å². The maximum atomic E-state index is 12.7. The SMILES string of the molecule is Cc1nc([C@@H](C)NC(=O)[C@@H]2CC(=O)c3sc(NC(=O)c4ccsc4)nc3C2)cs1. The minimum Gasteiger partial charge on any atom is -0.348 e. The van der Waals surface area contributed by atoms with Crippen molar-refractivity contribution in [3.63, 3.8) is 0 Å². The number of ketones is 1. The van der Waals surface area contributed by atoms with Crippen LogP contribution in [0.4, 0.5) is 5.13 Å². The minimum atomic E-state index is -0.472. The molecule has 7 nitrogen and oxygen atoms in total. The zero-order chi connectivity index (χ0) is 20.5. The van der Waals surface area contributed by atoms with Crippen molar-refractivity contribution in [2.45, 2.75) is 32.7 Å². The number of carbonyl (C=O) groups excluding carboxylic acids is 3. The molecule has 10 heteroatoms. The molecule has 0 saturated carbocycles. The fraction of sp³-hybridized carbons (Fsp3) is 0.316.